The van der Waals surface area contributed by atoms with Crippen molar-refractivity contribution < 1.29 is 5.21 Å². The molecule has 0 spiro atoms. The van der Waals surface area contributed by atoms with Crippen molar-refractivity contribution >= 4 is 17.2 Å². The molecule has 1 unspecified atom stereocenters. The molecule has 0 aliphatic carbocycles. The molecule has 0 aliphatic rings. The van der Waals surface area contributed by atoms with Gasteiger partial charge in [-0.25, -0.2) is 4.98 Å². The van der Waals surface area contributed by atoms with E-state index >= 15 is 0 Å². The Morgan fingerprint density at radius 3 is 3.00 bits per heavy atom. The van der Waals surface area contributed by atoms with Gasteiger partial charge in [0.05, 0.1) is 11.0 Å². The van der Waals surface area contributed by atoms with E-state index in [0.717, 1.165) is 16.3 Å². The molecule has 1 aromatic rings. The van der Waals surface area contributed by atoms with Gasteiger partial charge in [-0.15, -0.1) is 11.3 Å². The van der Waals surface area contributed by atoms with Crippen LogP contribution in [0.5, 0.6) is 0 Å². The normalized spacial score (nSPS) is 14.1. The van der Waals surface area contributed by atoms with Gasteiger partial charge >= 0.3 is 0 Å². The van der Waals surface area contributed by atoms with Crippen LogP contribution in [0, 0.1) is 6.92 Å². The first kappa shape index (κ1) is 11.9. The maximum Gasteiger partial charge on any atom is 0.156 e. The number of rotatable bonds is 5. The summed E-state index contributed by atoms with van der Waals surface area (Å²) >= 11 is 1.64. The summed E-state index contributed by atoms with van der Waals surface area (Å²) in [6.45, 7) is 4.64. The SMILES string of the molecule is CCC(NCc1cnc(C)s1)C(N)=NO. The van der Waals surface area contributed by atoms with Crippen molar-refractivity contribution in [1.29, 1.82) is 0 Å². The van der Waals surface area contributed by atoms with E-state index in [1.54, 1.807) is 11.3 Å². The monoisotopic (exact) mass is 228 g/mol. The quantitative estimate of drug-likeness (QED) is 0.304. The number of thiazole rings is 1. The van der Waals surface area contributed by atoms with Crippen molar-refractivity contribution in [3.63, 3.8) is 0 Å². The third kappa shape index (κ3) is 3.49. The molecule has 1 atom stereocenters. The fraction of sp³-hybridized carbons (Fsp3) is 0.556. The van der Waals surface area contributed by atoms with E-state index in [1.165, 1.54) is 0 Å². The number of hydrogen-bond acceptors (Lipinski definition) is 5. The Labute approximate surface area is 93.0 Å². The fourth-order valence-corrected chi connectivity index (χ4v) is 1.98. The van der Waals surface area contributed by atoms with Crippen LogP contribution >= 0.6 is 11.3 Å². The molecule has 1 rings (SSSR count). The highest BCUT2D eigenvalue weighted by molar-refractivity contribution is 7.11. The molecule has 0 bridgehead atoms. The second-order valence-corrected chi connectivity index (χ2v) is 4.53. The number of amidine groups is 1. The van der Waals surface area contributed by atoms with E-state index in [4.69, 9.17) is 10.9 Å². The van der Waals surface area contributed by atoms with Gasteiger partial charge in [-0.2, -0.15) is 0 Å². The molecule has 0 fully saturated rings. The lowest BCUT2D eigenvalue weighted by Crippen LogP contribution is -2.40. The van der Waals surface area contributed by atoms with Crippen LogP contribution in [-0.4, -0.2) is 22.1 Å². The highest BCUT2D eigenvalue weighted by Crippen LogP contribution is 2.11. The molecule has 0 radical (unpaired) electrons. The van der Waals surface area contributed by atoms with Crippen LogP contribution in [0.4, 0.5) is 0 Å². The van der Waals surface area contributed by atoms with Gasteiger partial charge in [-0.3, -0.25) is 0 Å². The van der Waals surface area contributed by atoms with Crippen LogP contribution < -0.4 is 11.1 Å². The standard InChI is InChI=1S/C9H16N4OS/c1-3-8(9(10)13-14)12-5-7-4-11-6(2)15-7/h4,8,12,14H,3,5H2,1-2H3,(H2,10,13). The van der Waals surface area contributed by atoms with Crippen molar-refractivity contribution in [2.75, 3.05) is 0 Å². The van der Waals surface area contributed by atoms with Gasteiger partial charge in [0.15, 0.2) is 5.84 Å². The van der Waals surface area contributed by atoms with Crippen molar-refractivity contribution in [2.24, 2.45) is 10.9 Å². The van der Waals surface area contributed by atoms with Crippen LogP contribution in [0.1, 0.15) is 23.2 Å². The minimum absolute atomic E-state index is 0.0857. The predicted octanol–water partition coefficient (Wildman–Crippen LogP) is 1.07. The van der Waals surface area contributed by atoms with Gasteiger partial charge in [0.25, 0.3) is 0 Å². The highest BCUT2D eigenvalue weighted by Gasteiger charge is 2.11. The number of nitrogens with one attached hydrogen (secondary N) is 1. The van der Waals surface area contributed by atoms with Gasteiger partial charge < -0.3 is 16.3 Å². The molecule has 0 saturated heterocycles. The second kappa shape index (κ2) is 5.67. The summed E-state index contributed by atoms with van der Waals surface area (Å²) in [7, 11) is 0. The van der Waals surface area contributed by atoms with Crippen LogP contribution in [0.2, 0.25) is 0 Å². The molecule has 1 aromatic heterocycles. The van der Waals surface area contributed by atoms with Crippen LogP contribution in [0.25, 0.3) is 0 Å². The van der Waals surface area contributed by atoms with Gasteiger partial charge in [0.1, 0.15) is 0 Å². The van der Waals surface area contributed by atoms with Gasteiger partial charge in [0, 0.05) is 17.6 Å². The summed E-state index contributed by atoms with van der Waals surface area (Å²) in [6.07, 6.45) is 2.62. The van der Waals surface area contributed by atoms with Crippen LogP contribution in [0.15, 0.2) is 11.4 Å². The summed E-state index contributed by atoms with van der Waals surface area (Å²) in [4.78, 5) is 5.30. The van der Waals surface area contributed by atoms with Gasteiger partial charge in [-0.05, 0) is 13.3 Å². The lowest BCUT2D eigenvalue weighted by atomic mass is 10.2. The molecular weight excluding hydrogens is 212 g/mol. The van der Waals surface area contributed by atoms with Crippen molar-refractivity contribution in [3.8, 4) is 0 Å². The zero-order valence-electron chi connectivity index (χ0n) is 8.90. The Morgan fingerprint density at radius 2 is 2.53 bits per heavy atom. The molecule has 84 valence electrons. The first-order chi connectivity index (χ1) is 7.17. The molecule has 1 heterocycles. The molecular formula is C9H16N4OS. The first-order valence-corrected chi connectivity index (χ1v) is 5.61. The number of aryl methyl sites for hydroxylation is 1. The Bertz CT molecular complexity index is 337. The molecule has 0 aromatic carbocycles. The summed E-state index contributed by atoms with van der Waals surface area (Å²) in [5.74, 6) is 0.221. The zero-order valence-corrected chi connectivity index (χ0v) is 9.71. The largest absolute Gasteiger partial charge is 0.409 e. The number of hydrogen-bond donors (Lipinski definition) is 3. The first-order valence-electron chi connectivity index (χ1n) is 4.79. The number of nitrogens with two attached hydrogens (primary N) is 1. The highest BCUT2D eigenvalue weighted by atomic mass is 32.1. The van der Waals surface area contributed by atoms with E-state index in [0.29, 0.717) is 6.54 Å². The number of oxime groups is 1. The number of aromatic nitrogens is 1. The Kier molecular flexibility index (Phi) is 4.51. The molecule has 0 amide bonds. The average molecular weight is 228 g/mol. The Hall–Kier alpha value is -1.14. The van der Waals surface area contributed by atoms with E-state index in [2.05, 4.69) is 15.5 Å². The molecule has 5 nitrogen and oxygen atoms in total. The third-order valence-corrected chi connectivity index (χ3v) is 2.99. The van der Waals surface area contributed by atoms with Crippen molar-refractivity contribution in [3.05, 3.63) is 16.1 Å². The van der Waals surface area contributed by atoms with Crippen molar-refractivity contribution in [1.82, 2.24) is 10.3 Å². The van der Waals surface area contributed by atoms with Gasteiger partial charge in [-0.1, -0.05) is 12.1 Å². The van der Waals surface area contributed by atoms with E-state index < -0.39 is 0 Å². The maximum absolute atomic E-state index is 8.55. The summed E-state index contributed by atoms with van der Waals surface area (Å²) < 4.78 is 0. The van der Waals surface area contributed by atoms with E-state index in [1.807, 2.05) is 20.0 Å². The summed E-state index contributed by atoms with van der Waals surface area (Å²) in [6, 6.07) is -0.0857. The summed E-state index contributed by atoms with van der Waals surface area (Å²) in [5, 5.41) is 15.8. The fourth-order valence-electron chi connectivity index (χ4n) is 1.24. The number of nitrogens with zero attached hydrogens (tertiary/aromatic N) is 2. The molecule has 0 saturated carbocycles. The lowest BCUT2D eigenvalue weighted by Gasteiger charge is -2.13. The second-order valence-electron chi connectivity index (χ2n) is 3.21. The van der Waals surface area contributed by atoms with Crippen LogP contribution in [0.3, 0.4) is 0 Å². The van der Waals surface area contributed by atoms with Crippen LogP contribution in [-0.2, 0) is 6.54 Å². The predicted molar refractivity (Wildman–Crippen MR) is 61.2 cm³/mol. The van der Waals surface area contributed by atoms with Crippen molar-refractivity contribution in [2.45, 2.75) is 32.9 Å². The smallest absolute Gasteiger partial charge is 0.156 e. The molecule has 4 N–H and O–H groups in total. The maximum atomic E-state index is 8.55. The Balaban J connectivity index is 2.48. The minimum atomic E-state index is -0.0857. The topological polar surface area (TPSA) is 83.5 Å². The van der Waals surface area contributed by atoms with E-state index in [-0.39, 0.29) is 11.9 Å². The molecule has 0 aliphatic heterocycles. The Morgan fingerprint density at radius 1 is 1.80 bits per heavy atom. The van der Waals surface area contributed by atoms with Gasteiger partial charge in [0.2, 0.25) is 0 Å². The molecule has 6 heteroatoms. The van der Waals surface area contributed by atoms with E-state index in [9.17, 15) is 0 Å². The zero-order chi connectivity index (χ0) is 11.3. The molecule has 15 heavy (non-hydrogen) atoms. The lowest BCUT2D eigenvalue weighted by molar-refractivity contribution is 0.314. The average Bonchev–Trinajstić information content (AvgIpc) is 2.64. The third-order valence-electron chi connectivity index (χ3n) is 2.07. The summed E-state index contributed by atoms with van der Waals surface area (Å²) in [5.41, 5.74) is 5.52. The minimum Gasteiger partial charge on any atom is -0.409 e.